The molecular weight excluding hydrogens is 417 g/mol. The molecule has 0 saturated carbocycles. The van der Waals surface area contributed by atoms with Crippen molar-refractivity contribution in [3.8, 4) is 0 Å². The lowest BCUT2D eigenvalue weighted by atomic mass is 10.0. The second-order valence-corrected chi connectivity index (χ2v) is 7.64. The van der Waals surface area contributed by atoms with E-state index in [-0.39, 0.29) is 18.4 Å². The maximum atomic E-state index is 13.1. The summed E-state index contributed by atoms with van der Waals surface area (Å²) in [6, 6.07) is 20.5. The molecule has 1 atom stereocenters. The Morgan fingerprint density at radius 1 is 0.875 bits per heavy atom. The number of nitrogens with zero attached hydrogens (tertiary/aromatic N) is 1. The fraction of sp³-hybridized carbons (Fsp3) is 0.200. The first-order valence-electron chi connectivity index (χ1n) is 10.2. The van der Waals surface area contributed by atoms with Gasteiger partial charge in [0.05, 0.1) is 5.56 Å². The predicted molar refractivity (Wildman–Crippen MR) is 114 cm³/mol. The zero-order valence-electron chi connectivity index (χ0n) is 17.1. The summed E-state index contributed by atoms with van der Waals surface area (Å²) >= 11 is 0. The van der Waals surface area contributed by atoms with Crippen molar-refractivity contribution in [1.82, 2.24) is 10.2 Å². The quantitative estimate of drug-likeness (QED) is 0.603. The number of rotatable bonds is 6. The van der Waals surface area contributed by atoms with Crippen LogP contribution in [0.1, 0.15) is 38.7 Å². The van der Waals surface area contributed by atoms with Crippen molar-refractivity contribution in [2.75, 3.05) is 6.54 Å². The lowest BCUT2D eigenvalue weighted by Crippen LogP contribution is -2.39. The van der Waals surface area contributed by atoms with E-state index in [1.54, 1.807) is 24.3 Å². The largest absolute Gasteiger partial charge is 0.416 e. The summed E-state index contributed by atoms with van der Waals surface area (Å²) in [5.41, 5.74) is 1.99. The molecule has 4 nitrogen and oxygen atoms in total. The Morgan fingerprint density at radius 3 is 2.22 bits per heavy atom. The molecule has 0 fully saturated rings. The SMILES string of the molecule is O=C(NCc1ccccc1)C1c2ccccc2C(=O)N1CCc1ccc(C(F)(F)F)cc1. The second kappa shape index (κ2) is 8.86. The molecule has 0 bridgehead atoms. The van der Waals surface area contributed by atoms with E-state index in [2.05, 4.69) is 5.32 Å². The minimum Gasteiger partial charge on any atom is -0.350 e. The number of carbonyl (C=O) groups excluding carboxylic acids is 2. The first-order valence-corrected chi connectivity index (χ1v) is 10.2. The first kappa shape index (κ1) is 21.6. The summed E-state index contributed by atoms with van der Waals surface area (Å²) in [6.45, 7) is 0.543. The van der Waals surface area contributed by atoms with Crippen LogP contribution in [0.15, 0.2) is 78.9 Å². The van der Waals surface area contributed by atoms with Gasteiger partial charge in [-0.25, -0.2) is 0 Å². The van der Waals surface area contributed by atoms with Gasteiger partial charge in [-0.2, -0.15) is 13.2 Å². The fourth-order valence-corrected chi connectivity index (χ4v) is 3.88. The molecule has 1 unspecified atom stereocenters. The Bertz CT molecular complexity index is 1110. The van der Waals surface area contributed by atoms with Crippen molar-refractivity contribution in [1.29, 1.82) is 0 Å². The fourth-order valence-electron chi connectivity index (χ4n) is 3.88. The van der Waals surface area contributed by atoms with Crippen molar-refractivity contribution < 1.29 is 22.8 Å². The highest BCUT2D eigenvalue weighted by Gasteiger charge is 2.40. The molecule has 1 N–H and O–H groups in total. The van der Waals surface area contributed by atoms with Crippen molar-refractivity contribution in [3.63, 3.8) is 0 Å². The topological polar surface area (TPSA) is 49.4 Å². The number of amides is 2. The minimum atomic E-state index is -4.40. The third-order valence-electron chi connectivity index (χ3n) is 5.54. The van der Waals surface area contributed by atoms with E-state index in [1.807, 2.05) is 30.3 Å². The maximum Gasteiger partial charge on any atom is 0.416 e. The van der Waals surface area contributed by atoms with Gasteiger partial charge in [-0.3, -0.25) is 9.59 Å². The molecule has 4 rings (SSSR count). The lowest BCUT2D eigenvalue weighted by Gasteiger charge is -2.25. The number of hydrogen-bond donors (Lipinski definition) is 1. The van der Waals surface area contributed by atoms with Gasteiger partial charge < -0.3 is 10.2 Å². The van der Waals surface area contributed by atoms with Crippen molar-refractivity contribution in [3.05, 3.63) is 107 Å². The maximum absolute atomic E-state index is 13.1. The van der Waals surface area contributed by atoms with E-state index in [0.29, 0.717) is 29.7 Å². The first-order chi connectivity index (χ1) is 15.3. The Kier molecular flexibility index (Phi) is 5.99. The van der Waals surface area contributed by atoms with Crippen molar-refractivity contribution in [2.45, 2.75) is 25.2 Å². The number of carbonyl (C=O) groups is 2. The van der Waals surface area contributed by atoms with E-state index >= 15 is 0 Å². The molecule has 164 valence electrons. The van der Waals surface area contributed by atoms with Gasteiger partial charge in [0.25, 0.3) is 5.91 Å². The standard InChI is InChI=1S/C25H21F3N2O2/c26-25(27,28)19-12-10-17(11-13-19)14-15-30-22(20-8-4-5-9-21(20)24(30)32)23(31)29-16-18-6-2-1-3-7-18/h1-13,22H,14-16H2,(H,29,31). The van der Waals surface area contributed by atoms with E-state index in [9.17, 15) is 22.8 Å². The van der Waals surface area contributed by atoms with Crippen LogP contribution in [0.5, 0.6) is 0 Å². The number of fused-ring (bicyclic) bond motifs is 1. The number of benzene rings is 3. The Hall–Kier alpha value is -3.61. The highest BCUT2D eigenvalue weighted by atomic mass is 19.4. The van der Waals surface area contributed by atoms with Crippen LogP contribution in [-0.2, 0) is 23.9 Å². The van der Waals surface area contributed by atoms with Crippen LogP contribution in [0.4, 0.5) is 13.2 Å². The zero-order valence-corrected chi connectivity index (χ0v) is 17.1. The minimum absolute atomic E-state index is 0.211. The number of halogens is 3. The summed E-state index contributed by atoms with van der Waals surface area (Å²) in [4.78, 5) is 27.6. The van der Waals surface area contributed by atoms with Gasteiger partial charge in [-0.05, 0) is 41.3 Å². The molecule has 0 saturated heterocycles. The van der Waals surface area contributed by atoms with Crippen LogP contribution in [0, 0.1) is 0 Å². The molecule has 2 amide bonds. The third kappa shape index (κ3) is 4.51. The molecule has 3 aromatic rings. The predicted octanol–water partition coefficient (Wildman–Crippen LogP) is 4.76. The Morgan fingerprint density at radius 2 is 1.53 bits per heavy atom. The molecule has 7 heteroatoms. The molecular formula is C25H21F3N2O2. The van der Waals surface area contributed by atoms with Gasteiger partial charge in [0, 0.05) is 18.7 Å². The average molecular weight is 438 g/mol. The number of hydrogen-bond acceptors (Lipinski definition) is 2. The molecule has 32 heavy (non-hydrogen) atoms. The van der Waals surface area contributed by atoms with Gasteiger partial charge in [0.15, 0.2) is 0 Å². The summed E-state index contributed by atoms with van der Waals surface area (Å²) in [6.07, 6.45) is -4.06. The number of alkyl halides is 3. The summed E-state index contributed by atoms with van der Waals surface area (Å²) < 4.78 is 38.4. The second-order valence-electron chi connectivity index (χ2n) is 7.64. The smallest absolute Gasteiger partial charge is 0.350 e. The van der Waals surface area contributed by atoms with Gasteiger partial charge in [0.2, 0.25) is 5.91 Å². The molecule has 1 aliphatic rings. The van der Waals surface area contributed by atoms with Crippen LogP contribution >= 0.6 is 0 Å². The Labute approximate surface area is 183 Å². The lowest BCUT2D eigenvalue weighted by molar-refractivity contribution is -0.137. The zero-order chi connectivity index (χ0) is 22.7. The normalized spacial score (nSPS) is 15.5. The molecule has 1 aliphatic heterocycles. The highest BCUT2D eigenvalue weighted by molar-refractivity contribution is 6.04. The van der Waals surface area contributed by atoms with Crippen LogP contribution in [-0.4, -0.2) is 23.3 Å². The molecule has 0 radical (unpaired) electrons. The van der Waals surface area contributed by atoms with Crippen molar-refractivity contribution >= 4 is 11.8 Å². The number of nitrogens with one attached hydrogen (secondary N) is 1. The van der Waals surface area contributed by atoms with E-state index in [0.717, 1.165) is 17.7 Å². The van der Waals surface area contributed by atoms with Crippen LogP contribution in [0.3, 0.4) is 0 Å². The summed E-state index contributed by atoms with van der Waals surface area (Å²) in [5, 5.41) is 2.90. The van der Waals surface area contributed by atoms with Gasteiger partial charge >= 0.3 is 6.18 Å². The van der Waals surface area contributed by atoms with Crippen molar-refractivity contribution in [2.24, 2.45) is 0 Å². The highest BCUT2D eigenvalue weighted by Crippen LogP contribution is 2.34. The van der Waals surface area contributed by atoms with Gasteiger partial charge in [0.1, 0.15) is 6.04 Å². The summed E-state index contributed by atoms with van der Waals surface area (Å²) in [7, 11) is 0. The third-order valence-corrected chi connectivity index (χ3v) is 5.54. The van der Waals surface area contributed by atoms with Crippen LogP contribution in [0.25, 0.3) is 0 Å². The molecule has 0 aliphatic carbocycles. The van der Waals surface area contributed by atoms with E-state index in [4.69, 9.17) is 0 Å². The molecule has 0 spiro atoms. The van der Waals surface area contributed by atoms with Crippen LogP contribution in [0.2, 0.25) is 0 Å². The van der Waals surface area contributed by atoms with Crippen LogP contribution < -0.4 is 5.32 Å². The van der Waals surface area contributed by atoms with Gasteiger partial charge in [-0.15, -0.1) is 0 Å². The molecule has 1 heterocycles. The van der Waals surface area contributed by atoms with E-state index in [1.165, 1.54) is 17.0 Å². The molecule has 3 aromatic carbocycles. The van der Waals surface area contributed by atoms with E-state index < -0.39 is 17.8 Å². The molecule has 0 aromatic heterocycles. The summed E-state index contributed by atoms with van der Waals surface area (Å²) in [5.74, 6) is -0.549. The van der Waals surface area contributed by atoms with Gasteiger partial charge in [-0.1, -0.05) is 60.7 Å². The average Bonchev–Trinajstić information content (AvgIpc) is 3.08. The monoisotopic (exact) mass is 438 g/mol. The Balaban J connectivity index is 1.50.